The molecule has 0 aliphatic carbocycles. The van der Waals surface area contributed by atoms with Gasteiger partial charge in [-0.2, -0.15) is 0 Å². The summed E-state index contributed by atoms with van der Waals surface area (Å²) >= 11 is 0. The summed E-state index contributed by atoms with van der Waals surface area (Å²) in [5.41, 5.74) is 1.73. The van der Waals surface area contributed by atoms with Crippen molar-refractivity contribution in [3.8, 4) is 0 Å². The number of aryl methyl sites for hydroxylation is 1. The van der Waals surface area contributed by atoms with Crippen LogP contribution in [-0.4, -0.2) is 18.6 Å². The molecule has 2 N–H and O–H groups in total. The van der Waals surface area contributed by atoms with Crippen LogP contribution in [0.1, 0.15) is 50.3 Å². The number of nitrogens with one attached hydrogen (secondary N) is 2. The minimum absolute atomic E-state index is 0.115. The molecule has 2 nitrogen and oxygen atoms in total. The van der Waals surface area contributed by atoms with Gasteiger partial charge in [0.05, 0.1) is 0 Å². The Morgan fingerprint density at radius 1 is 1.42 bits per heavy atom. The van der Waals surface area contributed by atoms with E-state index < -0.39 is 0 Å². The Balaban J connectivity index is 1.88. The first-order valence-electron chi connectivity index (χ1n) is 7.31. The Morgan fingerprint density at radius 2 is 2.21 bits per heavy atom. The molecule has 1 aliphatic rings. The van der Waals surface area contributed by atoms with E-state index in [-0.39, 0.29) is 11.9 Å². The van der Waals surface area contributed by atoms with Crippen molar-refractivity contribution in [3.05, 3.63) is 35.1 Å². The summed E-state index contributed by atoms with van der Waals surface area (Å²) in [4.78, 5) is 0. The molecule has 1 aromatic carbocycles. The SMILES string of the molecule is Cc1ccc(C(C)NC(C)CC2CCCN2)cc1F. The number of hydrogen-bond acceptors (Lipinski definition) is 2. The second kappa shape index (κ2) is 6.49. The quantitative estimate of drug-likeness (QED) is 0.852. The molecular weight excluding hydrogens is 239 g/mol. The van der Waals surface area contributed by atoms with Gasteiger partial charge in [-0.05, 0) is 63.8 Å². The molecule has 0 radical (unpaired) electrons. The second-order valence-electron chi connectivity index (χ2n) is 5.83. The van der Waals surface area contributed by atoms with Crippen LogP contribution >= 0.6 is 0 Å². The predicted molar refractivity (Wildman–Crippen MR) is 77.8 cm³/mol. The van der Waals surface area contributed by atoms with Gasteiger partial charge in [-0.3, -0.25) is 0 Å². The normalized spacial score (nSPS) is 22.4. The molecule has 1 fully saturated rings. The highest BCUT2D eigenvalue weighted by Crippen LogP contribution is 2.18. The van der Waals surface area contributed by atoms with Gasteiger partial charge in [-0.15, -0.1) is 0 Å². The topological polar surface area (TPSA) is 24.1 Å². The number of hydrogen-bond donors (Lipinski definition) is 2. The molecule has 1 heterocycles. The molecule has 3 heteroatoms. The van der Waals surface area contributed by atoms with Crippen LogP contribution in [0.15, 0.2) is 18.2 Å². The van der Waals surface area contributed by atoms with Crippen LogP contribution in [0.25, 0.3) is 0 Å². The average Bonchev–Trinajstić information content (AvgIpc) is 2.85. The van der Waals surface area contributed by atoms with E-state index in [9.17, 15) is 4.39 Å². The van der Waals surface area contributed by atoms with Gasteiger partial charge >= 0.3 is 0 Å². The zero-order valence-corrected chi connectivity index (χ0v) is 12.2. The van der Waals surface area contributed by atoms with Crippen LogP contribution in [0.4, 0.5) is 4.39 Å². The summed E-state index contributed by atoms with van der Waals surface area (Å²) < 4.78 is 13.6. The van der Waals surface area contributed by atoms with E-state index >= 15 is 0 Å². The van der Waals surface area contributed by atoms with Crippen LogP contribution in [0.3, 0.4) is 0 Å². The maximum atomic E-state index is 13.6. The first-order valence-corrected chi connectivity index (χ1v) is 7.31. The molecule has 3 unspecified atom stereocenters. The minimum Gasteiger partial charge on any atom is -0.314 e. The van der Waals surface area contributed by atoms with Crippen molar-refractivity contribution in [1.29, 1.82) is 0 Å². The Bertz CT molecular complexity index is 413. The highest BCUT2D eigenvalue weighted by molar-refractivity contribution is 5.25. The van der Waals surface area contributed by atoms with Gasteiger partial charge in [0, 0.05) is 18.1 Å². The van der Waals surface area contributed by atoms with Gasteiger partial charge in [-0.25, -0.2) is 4.39 Å². The molecule has 0 aromatic heterocycles. The highest BCUT2D eigenvalue weighted by Gasteiger charge is 2.18. The van der Waals surface area contributed by atoms with Crippen molar-refractivity contribution in [3.63, 3.8) is 0 Å². The van der Waals surface area contributed by atoms with Crippen LogP contribution in [0.5, 0.6) is 0 Å². The summed E-state index contributed by atoms with van der Waals surface area (Å²) in [7, 11) is 0. The van der Waals surface area contributed by atoms with Crippen LogP contribution in [0, 0.1) is 12.7 Å². The van der Waals surface area contributed by atoms with Crippen molar-refractivity contribution in [2.24, 2.45) is 0 Å². The first kappa shape index (κ1) is 14.5. The summed E-state index contributed by atoms with van der Waals surface area (Å²) in [6.45, 7) is 7.26. The number of benzene rings is 1. The van der Waals surface area contributed by atoms with Crippen molar-refractivity contribution in [1.82, 2.24) is 10.6 Å². The van der Waals surface area contributed by atoms with Crippen LogP contribution in [-0.2, 0) is 0 Å². The third-order valence-electron chi connectivity index (χ3n) is 4.03. The summed E-state index contributed by atoms with van der Waals surface area (Å²) in [5, 5.41) is 7.08. The maximum absolute atomic E-state index is 13.6. The van der Waals surface area contributed by atoms with E-state index in [1.54, 1.807) is 13.0 Å². The van der Waals surface area contributed by atoms with Gasteiger partial charge in [0.1, 0.15) is 5.82 Å². The van der Waals surface area contributed by atoms with E-state index in [0.29, 0.717) is 17.6 Å². The Hall–Kier alpha value is -0.930. The number of rotatable bonds is 5. The fourth-order valence-corrected chi connectivity index (χ4v) is 2.85. The van der Waals surface area contributed by atoms with Gasteiger partial charge in [0.15, 0.2) is 0 Å². The molecule has 106 valence electrons. The predicted octanol–water partition coefficient (Wildman–Crippen LogP) is 3.32. The lowest BCUT2D eigenvalue weighted by Crippen LogP contribution is -2.35. The molecule has 19 heavy (non-hydrogen) atoms. The van der Waals surface area contributed by atoms with Crippen LogP contribution in [0.2, 0.25) is 0 Å². The molecule has 2 rings (SSSR count). The maximum Gasteiger partial charge on any atom is 0.126 e. The minimum atomic E-state index is -0.115. The van der Waals surface area contributed by atoms with Crippen LogP contribution < -0.4 is 10.6 Å². The third kappa shape index (κ3) is 4.02. The molecule has 0 bridgehead atoms. The standard InChI is InChI=1S/C16H25FN2/c1-11-6-7-14(10-16(11)17)13(3)19-12(2)9-15-5-4-8-18-15/h6-7,10,12-13,15,18-19H,4-5,8-9H2,1-3H3. The lowest BCUT2D eigenvalue weighted by atomic mass is 10.0. The molecular formula is C16H25FN2. The summed E-state index contributed by atoms with van der Waals surface area (Å²) in [6.07, 6.45) is 3.70. The van der Waals surface area contributed by atoms with Crippen molar-refractivity contribution < 1.29 is 4.39 Å². The molecule has 0 saturated carbocycles. The van der Waals surface area contributed by atoms with Gasteiger partial charge in [0.25, 0.3) is 0 Å². The summed E-state index contributed by atoms with van der Waals surface area (Å²) in [6, 6.07) is 6.78. The number of halogens is 1. The van der Waals surface area contributed by atoms with E-state index in [4.69, 9.17) is 0 Å². The zero-order valence-electron chi connectivity index (χ0n) is 12.2. The average molecular weight is 264 g/mol. The first-order chi connectivity index (χ1) is 9.06. The van der Waals surface area contributed by atoms with E-state index in [1.807, 2.05) is 12.1 Å². The van der Waals surface area contributed by atoms with E-state index in [0.717, 1.165) is 18.5 Å². The van der Waals surface area contributed by atoms with Crippen molar-refractivity contribution >= 4 is 0 Å². The van der Waals surface area contributed by atoms with Gasteiger partial charge in [-0.1, -0.05) is 12.1 Å². The molecule has 0 spiro atoms. The van der Waals surface area contributed by atoms with Crippen molar-refractivity contribution in [2.45, 2.75) is 58.2 Å². The monoisotopic (exact) mass is 264 g/mol. The molecule has 0 amide bonds. The zero-order chi connectivity index (χ0) is 13.8. The van der Waals surface area contributed by atoms with Crippen molar-refractivity contribution in [2.75, 3.05) is 6.54 Å². The molecule has 3 atom stereocenters. The molecule has 1 aliphatic heterocycles. The Labute approximate surface area is 115 Å². The largest absolute Gasteiger partial charge is 0.314 e. The second-order valence-corrected chi connectivity index (χ2v) is 5.83. The highest BCUT2D eigenvalue weighted by atomic mass is 19.1. The van der Waals surface area contributed by atoms with E-state index in [2.05, 4.69) is 24.5 Å². The smallest absolute Gasteiger partial charge is 0.126 e. The molecule has 1 saturated heterocycles. The summed E-state index contributed by atoms with van der Waals surface area (Å²) in [5.74, 6) is -0.115. The van der Waals surface area contributed by atoms with Gasteiger partial charge in [0.2, 0.25) is 0 Å². The fraction of sp³-hybridized carbons (Fsp3) is 0.625. The fourth-order valence-electron chi connectivity index (χ4n) is 2.85. The van der Waals surface area contributed by atoms with E-state index in [1.165, 1.54) is 12.8 Å². The lowest BCUT2D eigenvalue weighted by Gasteiger charge is -2.23. The van der Waals surface area contributed by atoms with Gasteiger partial charge < -0.3 is 10.6 Å². The molecule has 1 aromatic rings. The third-order valence-corrected chi connectivity index (χ3v) is 4.03. The lowest BCUT2D eigenvalue weighted by molar-refractivity contribution is 0.407. The Kier molecular flexibility index (Phi) is 4.94. The Morgan fingerprint density at radius 3 is 2.84 bits per heavy atom.